The van der Waals surface area contributed by atoms with Crippen LogP contribution in [0.15, 0.2) is 0 Å². The zero-order valence-corrected chi connectivity index (χ0v) is 11.6. The van der Waals surface area contributed by atoms with Crippen LogP contribution in [-0.2, 0) is 0 Å². The van der Waals surface area contributed by atoms with Gasteiger partial charge in [0.15, 0.2) is 16.6 Å². The molecule has 1 aromatic rings. The summed E-state index contributed by atoms with van der Waals surface area (Å²) in [5.74, 6) is -1.42. The van der Waals surface area contributed by atoms with Gasteiger partial charge < -0.3 is 15.3 Å². The van der Waals surface area contributed by atoms with Crippen LogP contribution in [0.1, 0.15) is 39.9 Å². The van der Waals surface area contributed by atoms with Crippen molar-refractivity contribution in [2.45, 2.75) is 19.8 Å². The second-order valence-electron chi connectivity index (χ2n) is 4.53. The normalized spacial score (nSPS) is 15.6. The monoisotopic (exact) mass is 283 g/mol. The lowest BCUT2D eigenvalue weighted by Gasteiger charge is -2.13. The van der Waals surface area contributed by atoms with Gasteiger partial charge in [0.25, 0.3) is 0 Å². The quantitative estimate of drug-likeness (QED) is 0.771. The molecule has 1 fully saturated rings. The van der Waals surface area contributed by atoms with E-state index in [0.29, 0.717) is 11.7 Å². The summed E-state index contributed by atoms with van der Waals surface area (Å²) >= 11 is 1.11. The number of carboxylic acids is 1. The first-order chi connectivity index (χ1) is 9.08. The molecule has 1 aliphatic rings. The fourth-order valence-electron chi connectivity index (χ4n) is 2.11. The third kappa shape index (κ3) is 3.51. The van der Waals surface area contributed by atoms with Gasteiger partial charge in [-0.15, -0.1) is 0 Å². The van der Waals surface area contributed by atoms with Gasteiger partial charge in [-0.3, -0.25) is 4.79 Å². The third-order valence-electron chi connectivity index (χ3n) is 3.05. The molecule has 7 heteroatoms. The van der Waals surface area contributed by atoms with Crippen LogP contribution < -0.4 is 5.32 Å². The highest BCUT2D eigenvalue weighted by atomic mass is 32.1. The molecular weight excluding hydrogens is 266 g/mol. The number of aromatic nitrogens is 1. The van der Waals surface area contributed by atoms with Crippen LogP contribution >= 0.6 is 11.3 Å². The van der Waals surface area contributed by atoms with E-state index in [9.17, 15) is 9.59 Å². The van der Waals surface area contributed by atoms with Crippen molar-refractivity contribution in [1.82, 2.24) is 9.88 Å². The number of hydrogen-bond donors (Lipinski definition) is 2. The number of carboxylic acid groups (broad SMARTS) is 1. The van der Waals surface area contributed by atoms with E-state index in [1.54, 1.807) is 0 Å². The SMILES string of the molecule is CC(=O)c1sc(NCCN2CCCC2)nc1C(=O)O. The van der Waals surface area contributed by atoms with Crippen molar-refractivity contribution in [1.29, 1.82) is 0 Å². The van der Waals surface area contributed by atoms with Crippen molar-refractivity contribution in [2.75, 3.05) is 31.5 Å². The van der Waals surface area contributed by atoms with Gasteiger partial charge in [0.05, 0.1) is 0 Å². The highest BCUT2D eigenvalue weighted by Gasteiger charge is 2.20. The molecule has 0 unspecified atom stereocenters. The second-order valence-corrected chi connectivity index (χ2v) is 5.53. The Morgan fingerprint density at radius 1 is 1.42 bits per heavy atom. The number of aromatic carboxylic acids is 1. The van der Waals surface area contributed by atoms with E-state index < -0.39 is 5.97 Å². The molecule has 0 radical (unpaired) electrons. The Labute approximate surface area is 115 Å². The van der Waals surface area contributed by atoms with Crippen LogP contribution in [0.5, 0.6) is 0 Å². The first kappa shape index (κ1) is 14.0. The number of nitrogens with one attached hydrogen (secondary N) is 1. The lowest BCUT2D eigenvalue weighted by molar-refractivity contribution is 0.0687. The van der Waals surface area contributed by atoms with Crippen LogP contribution in [-0.4, -0.2) is 52.9 Å². The molecule has 1 aliphatic heterocycles. The van der Waals surface area contributed by atoms with Crippen molar-refractivity contribution < 1.29 is 14.7 Å². The second kappa shape index (κ2) is 6.12. The summed E-state index contributed by atoms with van der Waals surface area (Å²) in [4.78, 5) is 28.8. The van der Waals surface area contributed by atoms with E-state index in [4.69, 9.17) is 5.11 Å². The summed E-state index contributed by atoms with van der Waals surface area (Å²) in [7, 11) is 0. The van der Waals surface area contributed by atoms with Gasteiger partial charge in [0.2, 0.25) is 0 Å². The smallest absolute Gasteiger partial charge is 0.356 e. The topological polar surface area (TPSA) is 82.5 Å². The summed E-state index contributed by atoms with van der Waals surface area (Å²) in [6, 6.07) is 0. The Morgan fingerprint density at radius 2 is 2.11 bits per heavy atom. The first-order valence-electron chi connectivity index (χ1n) is 6.29. The number of rotatable bonds is 6. The van der Waals surface area contributed by atoms with Crippen molar-refractivity contribution in [3.8, 4) is 0 Å². The Balaban J connectivity index is 1.94. The van der Waals surface area contributed by atoms with Gasteiger partial charge in [-0.25, -0.2) is 9.78 Å². The van der Waals surface area contributed by atoms with Crippen LogP contribution in [0.3, 0.4) is 0 Å². The van der Waals surface area contributed by atoms with Gasteiger partial charge in [-0.2, -0.15) is 0 Å². The molecule has 19 heavy (non-hydrogen) atoms. The van der Waals surface area contributed by atoms with E-state index in [-0.39, 0.29) is 16.4 Å². The third-order valence-corrected chi connectivity index (χ3v) is 4.17. The minimum absolute atomic E-state index is 0.152. The van der Waals surface area contributed by atoms with E-state index in [1.165, 1.54) is 19.8 Å². The summed E-state index contributed by atoms with van der Waals surface area (Å²) < 4.78 is 0. The first-order valence-corrected chi connectivity index (χ1v) is 7.11. The number of nitrogens with zero attached hydrogens (tertiary/aromatic N) is 2. The lowest BCUT2D eigenvalue weighted by atomic mass is 10.3. The number of carbonyl (C=O) groups excluding carboxylic acids is 1. The summed E-state index contributed by atoms with van der Waals surface area (Å²) in [6.45, 7) is 5.23. The molecule has 0 bridgehead atoms. The maximum absolute atomic E-state index is 11.3. The van der Waals surface area contributed by atoms with Gasteiger partial charge in [-0.05, 0) is 25.9 Å². The number of Topliss-reactive ketones (excluding diaryl/α,β-unsaturated/α-hetero) is 1. The van der Waals surface area contributed by atoms with Gasteiger partial charge in [-0.1, -0.05) is 11.3 Å². The summed E-state index contributed by atoms with van der Waals surface area (Å²) in [6.07, 6.45) is 2.49. The zero-order chi connectivity index (χ0) is 13.8. The van der Waals surface area contributed by atoms with Crippen LogP contribution in [0.4, 0.5) is 5.13 Å². The van der Waals surface area contributed by atoms with E-state index in [2.05, 4.69) is 15.2 Å². The minimum Gasteiger partial charge on any atom is -0.476 e. The van der Waals surface area contributed by atoms with Gasteiger partial charge in [0.1, 0.15) is 4.88 Å². The minimum atomic E-state index is -1.16. The molecule has 2 rings (SSSR count). The predicted molar refractivity (Wildman–Crippen MR) is 73.2 cm³/mol. The molecule has 1 saturated heterocycles. The number of thiazole rings is 1. The van der Waals surface area contributed by atoms with Crippen molar-refractivity contribution >= 4 is 28.2 Å². The summed E-state index contributed by atoms with van der Waals surface area (Å²) in [5.41, 5.74) is -0.152. The molecule has 6 nitrogen and oxygen atoms in total. The van der Waals surface area contributed by atoms with E-state index >= 15 is 0 Å². The number of hydrogen-bond acceptors (Lipinski definition) is 6. The maximum Gasteiger partial charge on any atom is 0.356 e. The van der Waals surface area contributed by atoms with Gasteiger partial charge >= 0.3 is 5.97 Å². The number of anilines is 1. The molecule has 2 heterocycles. The Hall–Kier alpha value is -1.47. The largest absolute Gasteiger partial charge is 0.476 e. The van der Waals surface area contributed by atoms with Crippen LogP contribution in [0.25, 0.3) is 0 Å². The standard InChI is InChI=1S/C12H17N3O3S/c1-8(16)10-9(11(17)18)14-12(19-10)13-4-7-15-5-2-3-6-15/h2-7H2,1H3,(H,13,14)(H,17,18). The fraction of sp³-hybridized carbons (Fsp3) is 0.583. The number of likely N-dealkylation sites (tertiary alicyclic amines) is 1. The highest BCUT2D eigenvalue weighted by Crippen LogP contribution is 2.23. The highest BCUT2D eigenvalue weighted by molar-refractivity contribution is 7.17. The van der Waals surface area contributed by atoms with Gasteiger partial charge in [0, 0.05) is 20.0 Å². The average Bonchev–Trinajstić information content (AvgIpc) is 2.97. The van der Waals surface area contributed by atoms with Crippen LogP contribution in [0, 0.1) is 0 Å². The average molecular weight is 283 g/mol. The maximum atomic E-state index is 11.3. The number of carbonyl (C=O) groups is 2. The molecule has 0 amide bonds. The van der Waals surface area contributed by atoms with Crippen LogP contribution in [0.2, 0.25) is 0 Å². The lowest BCUT2D eigenvalue weighted by Crippen LogP contribution is -2.25. The molecule has 104 valence electrons. The molecular formula is C12H17N3O3S. The molecule has 1 aromatic heterocycles. The predicted octanol–water partition coefficient (Wildman–Crippen LogP) is 1.55. The molecule has 0 spiro atoms. The molecule has 0 aliphatic carbocycles. The molecule has 0 saturated carbocycles. The summed E-state index contributed by atoms with van der Waals surface area (Å²) in [5, 5.41) is 12.6. The van der Waals surface area contributed by atoms with Crippen molar-refractivity contribution in [3.05, 3.63) is 10.6 Å². The number of ketones is 1. The molecule has 0 atom stereocenters. The molecule has 0 aromatic carbocycles. The van der Waals surface area contributed by atoms with Crippen molar-refractivity contribution in [3.63, 3.8) is 0 Å². The fourth-order valence-corrected chi connectivity index (χ4v) is 2.98. The zero-order valence-electron chi connectivity index (χ0n) is 10.8. The van der Waals surface area contributed by atoms with Crippen molar-refractivity contribution in [2.24, 2.45) is 0 Å². The Morgan fingerprint density at radius 3 is 2.63 bits per heavy atom. The molecule has 2 N–H and O–H groups in total. The Bertz CT molecular complexity index is 449. The Kier molecular flexibility index (Phi) is 4.49. The van der Waals surface area contributed by atoms with E-state index in [1.807, 2.05) is 0 Å². The van der Waals surface area contributed by atoms with E-state index in [0.717, 1.165) is 31.0 Å².